The summed E-state index contributed by atoms with van der Waals surface area (Å²) in [5.41, 5.74) is 1.43. The zero-order valence-electron chi connectivity index (χ0n) is 13.9. The van der Waals surface area contributed by atoms with Crippen LogP contribution >= 0.6 is 0 Å². The second kappa shape index (κ2) is 6.33. The lowest BCUT2D eigenvalue weighted by Gasteiger charge is -2.34. The summed E-state index contributed by atoms with van der Waals surface area (Å²) < 4.78 is 5.40. The highest BCUT2D eigenvalue weighted by molar-refractivity contribution is 5.78. The molecule has 122 valence electrons. The van der Waals surface area contributed by atoms with Crippen molar-refractivity contribution in [3.8, 4) is 6.07 Å². The van der Waals surface area contributed by atoms with Crippen LogP contribution in [0, 0.1) is 16.7 Å². The Morgan fingerprint density at radius 1 is 1.39 bits per heavy atom. The van der Waals surface area contributed by atoms with E-state index in [0.29, 0.717) is 12.6 Å². The van der Waals surface area contributed by atoms with Crippen LogP contribution in [0.3, 0.4) is 0 Å². The first-order chi connectivity index (χ1) is 11.2. The molecule has 4 heteroatoms. The van der Waals surface area contributed by atoms with Crippen LogP contribution in [0.15, 0.2) is 24.3 Å². The number of nitriles is 1. The highest BCUT2D eigenvalue weighted by atomic mass is 16.5. The van der Waals surface area contributed by atoms with Gasteiger partial charge in [-0.25, -0.2) is 0 Å². The molecule has 0 aliphatic carbocycles. The van der Waals surface area contributed by atoms with E-state index in [9.17, 15) is 10.1 Å². The zero-order valence-corrected chi connectivity index (χ0v) is 13.9. The maximum absolute atomic E-state index is 12.6. The first-order valence-corrected chi connectivity index (χ1v) is 8.57. The number of hydrogen-bond acceptors (Lipinski definition) is 4. The number of hydrogen-bond donors (Lipinski definition) is 0. The molecular weight excluding hydrogens is 288 g/mol. The predicted molar refractivity (Wildman–Crippen MR) is 87.5 cm³/mol. The van der Waals surface area contributed by atoms with E-state index in [0.717, 1.165) is 43.4 Å². The van der Waals surface area contributed by atoms with Gasteiger partial charge in [-0.1, -0.05) is 25.1 Å². The summed E-state index contributed by atoms with van der Waals surface area (Å²) in [7, 11) is 0. The summed E-state index contributed by atoms with van der Waals surface area (Å²) in [6, 6.07) is 10.7. The summed E-state index contributed by atoms with van der Waals surface area (Å²) in [6.07, 6.45) is 3.90. The molecule has 2 fully saturated rings. The average Bonchev–Trinajstić information content (AvgIpc) is 3.10. The van der Waals surface area contributed by atoms with Crippen molar-refractivity contribution in [2.75, 3.05) is 6.61 Å². The van der Waals surface area contributed by atoms with Gasteiger partial charge in [-0.05, 0) is 44.2 Å². The van der Waals surface area contributed by atoms with Crippen LogP contribution in [-0.2, 0) is 16.1 Å². The van der Waals surface area contributed by atoms with Gasteiger partial charge in [-0.2, -0.15) is 5.26 Å². The third kappa shape index (κ3) is 2.53. The number of carbonyl (C=O) groups is 1. The molecular formula is C19H24N2O2. The van der Waals surface area contributed by atoms with E-state index < -0.39 is 0 Å². The van der Waals surface area contributed by atoms with Gasteiger partial charge in [0.25, 0.3) is 0 Å². The molecule has 2 saturated heterocycles. The Morgan fingerprint density at radius 2 is 2.17 bits per heavy atom. The van der Waals surface area contributed by atoms with Gasteiger partial charge in [0.1, 0.15) is 0 Å². The maximum Gasteiger partial charge on any atom is 0.313 e. The number of carbonyl (C=O) groups excluding carboxylic acids is 1. The topological polar surface area (TPSA) is 53.3 Å². The van der Waals surface area contributed by atoms with Crippen molar-refractivity contribution in [3.05, 3.63) is 35.4 Å². The molecule has 3 atom stereocenters. The van der Waals surface area contributed by atoms with E-state index in [1.54, 1.807) is 0 Å². The predicted octanol–water partition coefficient (Wildman–Crippen LogP) is 3.25. The van der Waals surface area contributed by atoms with Crippen molar-refractivity contribution in [2.24, 2.45) is 5.41 Å². The molecule has 0 N–H and O–H groups in total. The minimum Gasteiger partial charge on any atom is -0.466 e. The van der Waals surface area contributed by atoms with Crippen molar-refractivity contribution in [2.45, 2.75) is 58.2 Å². The van der Waals surface area contributed by atoms with Crippen LogP contribution in [0.4, 0.5) is 0 Å². The van der Waals surface area contributed by atoms with Crippen LogP contribution < -0.4 is 0 Å². The molecule has 1 aromatic carbocycles. The number of rotatable bonds is 5. The molecule has 0 unspecified atom stereocenters. The van der Waals surface area contributed by atoms with E-state index in [1.165, 1.54) is 0 Å². The maximum atomic E-state index is 12.6. The van der Waals surface area contributed by atoms with Crippen molar-refractivity contribution in [1.29, 1.82) is 5.26 Å². The molecule has 23 heavy (non-hydrogen) atoms. The molecule has 0 radical (unpaired) electrons. The Hall–Kier alpha value is -1.86. The number of nitrogens with zero attached hydrogens (tertiary/aromatic N) is 2. The van der Waals surface area contributed by atoms with Crippen LogP contribution in [0.25, 0.3) is 0 Å². The third-order valence-corrected chi connectivity index (χ3v) is 5.68. The standard InChI is InChI=1S/C19H24N2O2/c1-3-19(18(22)23-4-2)11-16-9-10-17(19)21(16)13-15-8-6-5-7-14(15)12-20/h5-8,16-17H,3-4,9-11,13H2,1-2H3/t16-,17+,19+/m1/s1. The summed E-state index contributed by atoms with van der Waals surface area (Å²) in [4.78, 5) is 15.0. The molecule has 0 spiro atoms. The zero-order chi connectivity index (χ0) is 16.4. The molecule has 3 rings (SSSR count). The van der Waals surface area contributed by atoms with Crippen molar-refractivity contribution < 1.29 is 9.53 Å². The smallest absolute Gasteiger partial charge is 0.313 e. The van der Waals surface area contributed by atoms with Crippen molar-refractivity contribution in [3.63, 3.8) is 0 Å². The summed E-state index contributed by atoms with van der Waals surface area (Å²) in [6.45, 7) is 5.16. The Bertz CT molecular complexity index is 637. The fourth-order valence-corrected chi connectivity index (χ4v) is 4.53. The Kier molecular flexibility index (Phi) is 4.41. The Morgan fingerprint density at radius 3 is 2.87 bits per heavy atom. The number of fused-ring (bicyclic) bond motifs is 2. The van der Waals surface area contributed by atoms with E-state index in [1.807, 2.05) is 31.2 Å². The van der Waals surface area contributed by atoms with Gasteiger partial charge in [0, 0.05) is 18.6 Å². The number of benzene rings is 1. The van der Waals surface area contributed by atoms with Gasteiger partial charge < -0.3 is 4.74 Å². The van der Waals surface area contributed by atoms with Gasteiger partial charge in [0.15, 0.2) is 0 Å². The van der Waals surface area contributed by atoms with E-state index in [4.69, 9.17) is 4.74 Å². The van der Waals surface area contributed by atoms with Crippen LogP contribution in [0.5, 0.6) is 0 Å². The van der Waals surface area contributed by atoms with Crippen molar-refractivity contribution in [1.82, 2.24) is 4.90 Å². The summed E-state index contributed by atoms with van der Waals surface area (Å²) in [5, 5.41) is 9.30. The monoisotopic (exact) mass is 312 g/mol. The molecule has 2 aliphatic heterocycles. The van der Waals surface area contributed by atoms with Crippen LogP contribution in [0.2, 0.25) is 0 Å². The summed E-state index contributed by atoms with van der Waals surface area (Å²) >= 11 is 0. The average molecular weight is 312 g/mol. The first kappa shape index (κ1) is 16.0. The van der Waals surface area contributed by atoms with E-state index in [2.05, 4.69) is 17.9 Å². The fourth-order valence-electron chi connectivity index (χ4n) is 4.53. The van der Waals surface area contributed by atoms with Gasteiger partial charge in [-0.3, -0.25) is 9.69 Å². The lowest BCUT2D eigenvalue weighted by atomic mass is 9.72. The van der Waals surface area contributed by atoms with Crippen LogP contribution in [0.1, 0.15) is 50.7 Å². The van der Waals surface area contributed by atoms with Crippen LogP contribution in [-0.4, -0.2) is 29.6 Å². The number of ether oxygens (including phenoxy) is 1. The molecule has 2 aliphatic rings. The second-order valence-corrected chi connectivity index (χ2v) is 6.62. The molecule has 2 heterocycles. The lowest BCUT2D eigenvalue weighted by molar-refractivity contribution is -0.157. The normalized spacial score (nSPS) is 29.4. The van der Waals surface area contributed by atoms with Gasteiger partial charge >= 0.3 is 5.97 Å². The molecule has 2 bridgehead atoms. The molecule has 1 aromatic rings. The quantitative estimate of drug-likeness (QED) is 0.783. The third-order valence-electron chi connectivity index (χ3n) is 5.68. The number of esters is 1. The SMILES string of the molecule is CCOC(=O)[C@@]1(CC)C[C@H]2CC[C@@H]1N2Cc1ccccc1C#N. The minimum absolute atomic E-state index is 0.0340. The molecule has 0 amide bonds. The molecule has 0 aromatic heterocycles. The minimum atomic E-state index is -0.361. The largest absolute Gasteiger partial charge is 0.466 e. The van der Waals surface area contributed by atoms with E-state index in [-0.39, 0.29) is 17.4 Å². The highest BCUT2D eigenvalue weighted by Crippen LogP contribution is 2.52. The molecule has 4 nitrogen and oxygen atoms in total. The highest BCUT2D eigenvalue weighted by Gasteiger charge is 2.59. The van der Waals surface area contributed by atoms with Crippen molar-refractivity contribution >= 4 is 5.97 Å². The fraction of sp³-hybridized carbons (Fsp3) is 0.579. The van der Waals surface area contributed by atoms with Gasteiger partial charge in [0.05, 0.1) is 23.7 Å². The Balaban J connectivity index is 1.86. The van der Waals surface area contributed by atoms with Gasteiger partial charge in [-0.15, -0.1) is 0 Å². The van der Waals surface area contributed by atoms with Gasteiger partial charge in [0.2, 0.25) is 0 Å². The second-order valence-electron chi connectivity index (χ2n) is 6.62. The van der Waals surface area contributed by atoms with E-state index >= 15 is 0 Å². The lowest BCUT2D eigenvalue weighted by Crippen LogP contribution is -2.44. The first-order valence-electron chi connectivity index (χ1n) is 8.57. The molecule has 0 saturated carbocycles. The summed E-state index contributed by atoms with van der Waals surface area (Å²) in [5.74, 6) is -0.0340. The Labute approximate surface area is 138 Å².